The molecule has 3 aromatic rings. The molecular weight excluding hydrogens is 444 g/mol. The number of nitro benzene ring substituents is 1. The van der Waals surface area contributed by atoms with E-state index in [1.165, 1.54) is 37.4 Å². The Morgan fingerprint density at radius 3 is 2.55 bits per heavy atom. The van der Waals surface area contributed by atoms with Crippen molar-refractivity contribution in [3.63, 3.8) is 0 Å². The van der Waals surface area contributed by atoms with Crippen molar-refractivity contribution < 1.29 is 22.9 Å². The first-order valence-electron chi connectivity index (χ1n) is 8.95. The van der Waals surface area contributed by atoms with Gasteiger partial charge in [0, 0.05) is 23.6 Å². The molecule has 0 saturated carbocycles. The number of hydrogen-bond acceptors (Lipinski definition) is 9. The highest BCUT2D eigenvalue weighted by atomic mass is 32.2. The van der Waals surface area contributed by atoms with Crippen LogP contribution in [0.25, 0.3) is 0 Å². The number of aryl methyl sites for hydroxylation is 2. The molecule has 1 amide bonds. The summed E-state index contributed by atoms with van der Waals surface area (Å²) in [5, 5.41) is 21.9. The highest BCUT2D eigenvalue weighted by Gasteiger charge is 2.18. The molecule has 0 bridgehead atoms. The van der Waals surface area contributed by atoms with Crippen LogP contribution >= 0.6 is 11.3 Å². The molecule has 1 N–H and O–H groups in total. The van der Waals surface area contributed by atoms with E-state index in [-0.39, 0.29) is 33.5 Å². The summed E-state index contributed by atoms with van der Waals surface area (Å²) in [5.41, 5.74) is 0.392. The molecule has 0 atom stereocenters. The Hall–Kier alpha value is -3.38. The number of aromatic nitrogens is 2. The lowest BCUT2D eigenvalue weighted by molar-refractivity contribution is -0.385. The Bertz CT molecular complexity index is 1220. The predicted molar refractivity (Wildman–Crippen MR) is 114 cm³/mol. The highest BCUT2D eigenvalue weighted by Crippen LogP contribution is 2.22. The maximum Gasteiger partial charge on any atom is 0.273 e. The van der Waals surface area contributed by atoms with E-state index in [0.717, 1.165) is 11.3 Å². The number of amides is 1. The fourth-order valence-corrected chi connectivity index (χ4v) is 4.76. The molecule has 0 aliphatic carbocycles. The molecule has 3 rings (SSSR count). The normalized spacial score (nSPS) is 11.2. The Kier molecular flexibility index (Phi) is 6.61. The summed E-state index contributed by atoms with van der Waals surface area (Å²) in [6.45, 7) is 1.58. The molecule has 0 aliphatic rings. The number of carbonyl (C=O) groups excluding carboxylic acids is 1. The minimum atomic E-state index is -3.53. The largest absolute Gasteiger partial charge is 0.497 e. The van der Waals surface area contributed by atoms with E-state index in [1.807, 2.05) is 0 Å². The SMILES string of the molecule is COc1ccc(S(=O)(=O)CCc2nnc(NC(=O)c3ccc(C)c([N+](=O)[O-])c3)s2)cc1. The molecule has 0 saturated heterocycles. The number of anilines is 1. The van der Waals surface area contributed by atoms with Crippen LogP contribution in [0.15, 0.2) is 47.4 Å². The smallest absolute Gasteiger partial charge is 0.273 e. The second-order valence-electron chi connectivity index (χ2n) is 6.46. The summed E-state index contributed by atoms with van der Waals surface area (Å²) < 4.78 is 30.0. The number of nitrogens with one attached hydrogen (secondary N) is 1. The van der Waals surface area contributed by atoms with E-state index in [2.05, 4.69) is 15.5 Å². The molecule has 1 aromatic heterocycles. The van der Waals surface area contributed by atoms with Gasteiger partial charge < -0.3 is 4.74 Å². The first kappa shape index (κ1) is 22.3. The van der Waals surface area contributed by atoms with Crippen LogP contribution < -0.4 is 10.1 Å². The molecule has 0 unspecified atom stereocenters. The summed E-state index contributed by atoms with van der Waals surface area (Å²) in [5.74, 6) is -0.189. The molecule has 0 fully saturated rings. The Morgan fingerprint density at radius 1 is 1.19 bits per heavy atom. The minimum absolute atomic E-state index is 0.108. The number of rotatable bonds is 8. The van der Waals surface area contributed by atoms with Crippen molar-refractivity contribution >= 4 is 37.9 Å². The van der Waals surface area contributed by atoms with E-state index in [0.29, 0.717) is 16.3 Å². The van der Waals surface area contributed by atoms with Crippen LogP contribution in [0.1, 0.15) is 20.9 Å². The zero-order chi connectivity index (χ0) is 22.6. The summed E-state index contributed by atoms with van der Waals surface area (Å²) in [4.78, 5) is 23.0. The van der Waals surface area contributed by atoms with Crippen LogP contribution in [-0.2, 0) is 16.3 Å². The van der Waals surface area contributed by atoms with Crippen molar-refractivity contribution in [3.05, 3.63) is 68.7 Å². The summed E-state index contributed by atoms with van der Waals surface area (Å²) in [6.07, 6.45) is 0.123. The van der Waals surface area contributed by atoms with Gasteiger partial charge in [-0.1, -0.05) is 17.4 Å². The van der Waals surface area contributed by atoms with Gasteiger partial charge in [0.05, 0.1) is 22.7 Å². The zero-order valence-electron chi connectivity index (χ0n) is 16.6. The molecule has 0 aliphatic heterocycles. The molecular formula is C19H18N4O6S2. The Labute approximate surface area is 182 Å². The van der Waals surface area contributed by atoms with Gasteiger partial charge in [-0.15, -0.1) is 10.2 Å². The first-order valence-corrected chi connectivity index (χ1v) is 11.4. The van der Waals surface area contributed by atoms with Crippen LogP contribution in [0.2, 0.25) is 0 Å². The molecule has 31 heavy (non-hydrogen) atoms. The lowest BCUT2D eigenvalue weighted by atomic mass is 10.1. The molecule has 2 aromatic carbocycles. The van der Waals surface area contributed by atoms with Gasteiger partial charge in [-0.2, -0.15) is 0 Å². The maximum atomic E-state index is 12.5. The van der Waals surface area contributed by atoms with Crippen LogP contribution in [0.4, 0.5) is 10.8 Å². The predicted octanol–water partition coefficient (Wildman–Crippen LogP) is 3.03. The number of methoxy groups -OCH3 is 1. The van der Waals surface area contributed by atoms with Crippen LogP contribution in [0, 0.1) is 17.0 Å². The maximum absolute atomic E-state index is 12.5. The molecule has 0 spiro atoms. The van der Waals surface area contributed by atoms with Crippen LogP contribution in [0.3, 0.4) is 0 Å². The van der Waals surface area contributed by atoms with Crippen molar-refractivity contribution in [3.8, 4) is 5.75 Å². The third-order valence-corrected chi connectivity index (χ3v) is 6.99. The van der Waals surface area contributed by atoms with E-state index in [4.69, 9.17) is 4.74 Å². The number of carbonyl (C=O) groups is 1. The van der Waals surface area contributed by atoms with E-state index in [9.17, 15) is 23.3 Å². The second-order valence-corrected chi connectivity index (χ2v) is 9.63. The lowest BCUT2D eigenvalue weighted by Crippen LogP contribution is -2.12. The molecule has 12 heteroatoms. The lowest BCUT2D eigenvalue weighted by Gasteiger charge is -2.04. The number of ether oxygens (including phenoxy) is 1. The monoisotopic (exact) mass is 462 g/mol. The number of nitrogens with zero attached hydrogens (tertiary/aromatic N) is 3. The number of nitro groups is 1. The molecule has 0 radical (unpaired) electrons. The fourth-order valence-electron chi connectivity index (χ4n) is 2.64. The van der Waals surface area contributed by atoms with Gasteiger partial charge in [0.2, 0.25) is 5.13 Å². The van der Waals surface area contributed by atoms with Crippen molar-refractivity contribution in [1.29, 1.82) is 0 Å². The number of sulfone groups is 1. The van der Waals surface area contributed by atoms with Crippen molar-refractivity contribution in [2.24, 2.45) is 0 Å². The van der Waals surface area contributed by atoms with Gasteiger partial charge in [0.1, 0.15) is 10.8 Å². The van der Waals surface area contributed by atoms with Crippen molar-refractivity contribution in [2.75, 3.05) is 18.2 Å². The third kappa shape index (κ3) is 5.41. The second kappa shape index (κ2) is 9.18. The van der Waals surface area contributed by atoms with Gasteiger partial charge in [-0.3, -0.25) is 20.2 Å². The standard InChI is InChI=1S/C19H18N4O6S2/c1-12-3-4-13(11-16(12)23(25)26)18(24)20-19-22-21-17(30-19)9-10-31(27,28)15-7-5-14(29-2)6-8-15/h3-8,11H,9-10H2,1-2H3,(H,20,22,24). The fraction of sp³-hybridized carbons (Fsp3) is 0.211. The minimum Gasteiger partial charge on any atom is -0.497 e. The summed E-state index contributed by atoms with van der Waals surface area (Å²) >= 11 is 1.04. The first-order chi connectivity index (χ1) is 14.7. The average molecular weight is 463 g/mol. The topological polar surface area (TPSA) is 141 Å². The van der Waals surface area contributed by atoms with Gasteiger partial charge in [0.25, 0.3) is 11.6 Å². The number of hydrogen-bond donors (Lipinski definition) is 1. The Morgan fingerprint density at radius 2 is 1.90 bits per heavy atom. The van der Waals surface area contributed by atoms with Gasteiger partial charge >= 0.3 is 0 Å². The molecule has 1 heterocycles. The van der Waals surface area contributed by atoms with Gasteiger partial charge in [0.15, 0.2) is 9.84 Å². The van der Waals surface area contributed by atoms with Crippen molar-refractivity contribution in [2.45, 2.75) is 18.2 Å². The average Bonchev–Trinajstić information content (AvgIpc) is 3.19. The van der Waals surface area contributed by atoms with E-state index < -0.39 is 20.7 Å². The highest BCUT2D eigenvalue weighted by molar-refractivity contribution is 7.91. The zero-order valence-corrected chi connectivity index (χ0v) is 18.2. The summed E-state index contributed by atoms with van der Waals surface area (Å²) in [7, 11) is -2.03. The van der Waals surface area contributed by atoms with E-state index in [1.54, 1.807) is 19.1 Å². The Balaban J connectivity index is 1.64. The quantitative estimate of drug-likeness (QED) is 0.398. The number of benzene rings is 2. The van der Waals surface area contributed by atoms with Crippen LogP contribution in [-0.4, -0.2) is 42.3 Å². The van der Waals surface area contributed by atoms with E-state index >= 15 is 0 Å². The van der Waals surface area contributed by atoms with Gasteiger partial charge in [-0.25, -0.2) is 8.42 Å². The van der Waals surface area contributed by atoms with Crippen molar-refractivity contribution in [1.82, 2.24) is 10.2 Å². The molecule has 10 nitrogen and oxygen atoms in total. The van der Waals surface area contributed by atoms with Gasteiger partial charge in [-0.05, 0) is 37.3 Å². The molecule has 162 valence electrons. The third-order valence-electron chi connectivity index (χ3n) is 4.36. The summed E-state index contributed by atoms with van der Waals surface area (Å²) in [6, 6.07) is 10.2. The van der Waals surface area contributed by atoms with Crippen LogP contribution in [0.5, 0.6) is 5.75 Å².